The second kappa shape index (κ2) is 7.86. The molecule has 7 heteroatoms. The van der Waals surface area contributed by atoms with Gasteiger partial charge in [-0.3, -0.25) is 0 Å². The third-order valence-electron chi connectivity index (χ3n) is 5.39. The SMILES string of the molecule is CN(C)C1CCN(c2ccc(S)cc2CS(=O)(=O)N2CCCC2)CC1. The first-order valence-corrected chi connectivity index (χ1v) is 11.1. The molecule has 5 nitrogen and oxygen atoms in total. The van der Waals surface area contributed by atoms with E-state index in [0.717, 1.165) is 54.9 Å². The zero-order valence-corrected chi connectivity index (χ0v) is 16.9. The van der Waals surface area contributed by atoms with Gasteiger partial charge < -0.3 is 9.80 Å². The maximum Gasteiger partial charge on any atom is 0.218 e. The Kier molecular flexibility index (Phi) is 5.98. The third-order valence-corrected chi connectivity index (χ3v) is 7.50. The molecular weight excluding hydrogens is 354 g/mol. The molecule has 2 aliphatic rings. The molecule has 2 fully saturated rings. The van der Waals surface area contributed by atoms with Crippen LogP contribution in [0, 0.1) is 0 Å². The third kappa shape index (κ3) is 4.51. The summed E-state index contributed by atoms with van der Waals surface area (Å²) in [6.45, 7) is 3.25. The van der Waals surface area contributed by atoms with Gasteiger partial charge in [0.15, 0.2) is 0 Å². The largest absolute Gasteiger partial charge is 0.371 e. The van der Waals surface area contributed by atoms with Crippen LogP contribution in [-0.4, -0.2) is 63.9 Å². The van der Waals surface area contributed by atoms with E-state index in [1.54, 1.807) is 4.31 Å². The molecule has 0 N–H and O–H groups in total. The molecule has 0 radical (unpaired) electrons. The molecule has 0 unspecified atom stereocenters. The summed E-state index contributed by atoms with van der Waals surface area (Å²) < 4.78 is 27.2. The number of rotatable bonds is 5. The fourth-order valence-electron chi connectivity index (χ4n) is 3.87. The molecule has 0 bridgehead atoms. The fraction of sp³-hybridized carbons (Fsp3) is 0.667. The lowest BCUT2D eigenvalue weighted by molar-refractivity contribution is 0.249. The second-order valence-corrected chi connectivity index (χ2v) is 9.84. The fourth-order valence-corrected chi connectivity index (χ4v) is 5.72. The summed E-state index contributed by atoms with van der Waals surface area (Å²) in [7, 11) is 1.01. The van der Waals surface area contributed by atoms with Crippen molar-refractivity contribution in [2.24, 2.45) is 0 Å². The van der Waals surface area contributed by atoms with Crippen molar-refractivity contribution in [3.63, 3.8) is 0 Å². The molecule has 0 spiro atoms. The monoisotopic (exact) mass is 383 g/mol. The lowest BCUT2D eigenvalue weighted by Crippen LogP contribution is -2.42. The standard InChI is InChI=1S/C18H29N3O2S2/c1-19(2)16-7-11-20(12-8-16)18-6-5-17(24)13-15(18)14-25(22,23)21-9-3-4-10-21/h5-6,13,16,24H,3-4,7-12,14H2,1-2H3. The van der Waals surface area contributed by atoms with Gasteiger partial charge in [-0.1, -0.05) is 0 Å². The Hall–Kier alpha value is -0.760. The van der Waals surface area contributed by atoms with Crippen LogP contribution in [0.5, 0.6) is 0 Å². The van der Waals surface area contributed by atoms with Crippen molar-refractivity contribution >= 4 is 28.3 Å². The van der Waals surface area contributed by atoms with E-state index in [0.29, 0.717) is 19.1 Å². The lowest BCUT2D eigenvalue weighted by atomic mass is 10.0. The Balaban J connectivity index is 1.79. The number of benzene rings is 1. The van der Waals surface area contributed by atoms with Gasteiger partial charge in [0.1, 0.15) is 0 Å². The number of piperidine rings is 1. The van der Waals surface area contributed by atoms with Gasteiger partial charge in [0, 0.05) is 42.8 Å². The Morgan fingerprint density at radius 1 is 1.12 bits per heavy atom. The van der Waals surface area contributed by atoms with Crippen molar-refractivity contribution < 1.29 is 8.42 Å². The van der Waals surface area contributed by atoms with Crippen molar-refractivity contribution in [3.8, 4) is 0 Å². The highest BCUT2D eigenvalue weighted by Gasteiger charge is 2.28. The van der Waals surface area contributed by atoms with E-state index in [-0.39, 0.29) is 5.75 Å². The topological polar surface area (TPSA) is 43.9 Å². The van der Waals surface area contributed by atoms with Crippen LogP contribution in [0.25, 0.3) is 0 Å². The molecule has 1 aromatic carbocycles. The predicted molar refractivity (Wildman–Crippen MR) is 106 cm³/mol. The van der Waals surface area contributed by atoms with Crippen LogP contribution in [0.2, 0.25) is 0 Å². The number of sulfonamides is 1. The Morgan fingerprint density at radius 3 is 2.36 bits per heavy atom. The number of thiol groups is 1. The van der Waals surface area contributed by atoms with Crippen LogP contribution in [0.4, 0.5) is 5.69 Å². The molecular formula is C18H29N3O2S2. The molecule has 0 saturated carbocycles. The molecule has 0 aliphatic carbocycles. The first-order valence-electron chi connectivity index (χ1n) is 9.08. The van der Waals surface area contributed by atoms with Gasteiger partial charge in [0.05, 0.1) is 5.75 Å². The van der Waals surface area contributed by atoms with Gasteiger partial charge in [-0.2, -0.15) is 0 Å². The van der Waals surface area contributed by atoms with E-state index in [4.69, 9.17) is 0 Å². The maximum atomic E-state index is 12.8. The van der Waals surface area contributed by atoms with Crippen LogP contribution in [-0.2, 0) is 15.8 Å². The van der Waals surface area contributed by atoms with Gasteiger partial charge in [0.2, 0.25) is 10.0 Å². The van der Waals surface area contributed by atoms with Crippen molar-refractivity contribution in [1.29, 1.82) is 0 Å². The Bertz CT molecular complexity index is 692. The van der Waals surface area contributed by atoms with E-state index in [1.165, 1.54) is 0 Å². The molecule has 0 amide bonds. The predicted octanol–water partition coefficient (Wildman–Crippen LogP) is 2.43. The molecule has 0 aromatic heterocycles. The second-order valence-electron chi connectivity index (χ2n) is 7.36. The summed E-state index contributed by atoms with van der Waals surface area (Å²) in [4.78, 5) is 5.44. The first kappa shape index (κ1) is 19.0. The van der Waals surface area contributed by atoms with Crippen molar-refractivity contribution in [2.75, 3.05) is 45.2 Å². The average Bonchev–Trinajstić information content (AvgIpc) is 3.10. The highest BCUT2D eigenvalue weighted by molar-refractivity contribution is 7.88. The van der Waals surface area contributed by atoms with E-state index < -0.39 is 10.0 Å². The molecule has 0 atom stereocenters. The minimum atomic E-state index is -3.25. The summed E-state index contributed by atoms with van der Waals surface area (Å²) in [5.41, 5.74) is 1.93. The average molecular weight is 384 g/mol. The summed E-state index contributed by atoms with van der Waals surface area (Å²) in [5.74, 6) is 0.0738. The van der Waals surface area contributed by atoms with E-state index >= 15 is 0 Å². The first-order chi connectivity index (χ1) is 11.9. The number of hydrogen-bond donors (Lipinski definition) is 1. The van der Waals surface area contributed by atoms with E-state index in [1.807, 2.05) is 18.2 Å². The maximum absolute atomic E-state index is 12.8. The number of anilines is 1. The highest BCUT2D eigenvalue weighted by Crippen LogP contribution is 2.30. The zero-order valence-electron chi connectivity index (χ0n) is 15.2. The van der Waals surface area contributed by atoms with E-state index in [2.05, 4.69) is 36.5 Å². The number of hydrogen-bond acceptors (Lipinski definition) is 5. The van der Waals surface area contributed by atoms with Gasteiger partial charge >= 0.3 is 0 Å². The Morgan fingerprint density at radius 2 is 1.76 bits per heavy atom. The molecule has 25 heavy (non-hydrogen) atoms. The normalized spacial score (nSPS) is 20.6. The molecule has 3 rings (SSSR count). The molecule has 140 valence electrons. The summed E-state index contributed by atoms with van der Waals surface area (Å²) >= 11 is 4.43. The number of nitrogens with zero attached hydrogens (tertiary/aromatic N) is 3. The van der Waals surface area contributed by atoms with Crippen LogP contribution < -0.4 is 4.90 Å². The summed E-state index contributed by atoms with van der Waals surface area (Å²) in [5, 5.41) is 0. The van der Waals surface area contributed by atoms with E-state index in [9.17, 15) is 8.42 Å². The zero-order chi connectivity index (χ0) is 18.0. The van der Waals surface area contributed by atoms with Crippen LogP contribution >= 0.6 is 12.6 Å². The molecule has 2 saturated heterocycles. The van der Waals surface area contributed by atoms with Crippen LogP contribution in [0.15, 0.2) is 23.1 Å². The highest BCUT2D eigenvalue weighted by atomic mass is 32.2. The molecule has 2 heterocycles. The van der Waals surface area contributed by atoms with Crippen molar-refractivity contribution in [3.05, 3.63) is 23.8 Å². The quantitative estimate of drug-likeness (QED) is 0.793. The van der Waals surface area contributed by atoms with Gasteiger partial charge in [-0.25, -0.2) is 12.7 Å². The minimum absolute atomic E-state index is 0.0738. The van der Waals surface area contributed by atoms with Gasteiger partial charge in [-0.15, -0.1) is 12.6 Å². The summed E-state index contributed by atoms with van der Waals surface area (Å²) in [6.07, 6.45) is 4.15. The smallest absolute Gasteiger partial charge is 0.218 e. The van der Waals surface area contributed by atoms with Gasteiger partial charge in [0.25, 0.3) is 0 Å². The van der Waals surface area contributed by atoms with Crippen molar-refractivity contribution in [2.45, 2.75) is 42.4 Å². The van der Waals surface area contributed by atoms with Crippen LogP contribution in [0.1, 0.15) is 31.2 Å². The Labute approximate surface area is 157 Å². The lowest BCUT2D eigenvalue weighted by Gasteiger charge is -2.37. The summed E-state index contributed by atoms with van der Waals surface area (Å²) in [6, 6.07) is 6.52. The molecule has 2 aliphatic heterocycles. The van der Waals surface area contributed by atoms with Crippen LogP contribution in [0.3, 0.4) is 0 Å². The van der Waals surface area contributed by atoms with Crippen molar-refractivity contribution in [1.82, 2.24) is 9.21 Å². The van der Waals surface area contributed by atoms with Gasteiger partial charge in [-0.05, 0) is 63.5 Å². The molecule has 1 aromatic rings. The minimum Gasteiger partial charge on any atom is -0.371 e.